The number of nitrogens with two attached hydrogens (primary N) is 1. The summed E-state index contributed by atoms with van der Waals surface area (Å²) in [6.45, 7) is 2.00. The van der Waals surface area contributed by atoms with Crippen LogP contribution in [0, 0.1) is 0 Å². The van der Waals surface area contributed by atoms with Crippen LogP contribution in [0.25, 0.3) is 11.0 Å². The summed E-state index contributed by atoms with van der Waals surface area (Å²) in [5, 5.41) is 1.82. The fraction of sp³-hybridized carbons (Fsp3) is 0.200. The van der Waals surface area contributed by atoms with Crippen molar-refractivity contribution in [3.63, 3.8) is 0 Å². The molecule has 3 N–H and O–H groups in total. The molecule has 2 aromatic heterocycles. The van der Waals surface area contributed by atoms with Crippen LogP contribution in [0.15, 0.2) is 52.8 Å². The molecule has 1 unspecified atom stereocenters. The maximum atomic E-state index is 5.89. The Morgan fingerprint density at radius 3 is 2.90 bits per heavy atom. The summed E-state index contributed by atoms with van der Waals surface area (Å²) in [6, 6.07) is 12.1. The number of benzene rings is 1. The van der Waals surface area contributed by atoms with Crippen molar-refractivity contribution >= 4 is 22.8 Å². The Morgan fingerprint density at radius 1 is 1.25 bits per heavy atom. The predicted molar refractivity (Wildman–Crippen MR) is 81.8 cm³/mol. The molecule has 0 aliphatic heterocycles. The van der Waals surface area contributed by atoms with E-state index in [0.29, 0.717) is 0 Å². The summed E-state index contributed by atoms with van der Waals surface area (Å²) in [5.41, 5.74) is 9.06. The molecule has 0 radical (unpaired) electrons. The highest BCUT2D eigenvalue weighted by Gasteiger charge is 2.10. The summed E-state index contributed by atoms with van der Waals surface area (Å²) in [5.74, 6) is 0. The molecule has 0 fully saturated rings. The number of imidazole rings is 1. The first-order valence-electron chi connectivity index (χ1n) is 6.54. The molecular formula is C15H16N4S. The molecule has 20 heavy (non-hydrogen) atoms. The number of H-pyrrole nitrogens is 1. The van der Waals surface area contributed by atoms with Crippen molar-refractivity contribution in [1.82, 2.24) is 15.0 Å². The van der Waals surface area contributed by atoms with Crippen LogP contribution in [0.3, 0.4) is 0 Å². The minimum absolute atomic E-state index is 0.120. The highest BCUT2D eigenvalue weighted by atomic mass is 32.2. The Balaban J connectivity index is 1.90. The van der Waals surface area contributed by atoms with Gasteiger partial charge in [0.2, 0.25) is 0 Å². The number of nitrogens with one attached hydrogen (secondary N) is 1. The number of aromatic amines is 1. The smallest absolute Gasteiger partial charge is 0.172 e. The molecule has 1 aromatic carbocycles. The van der Waals surface area contributed by atoms with E-state index in [0.717, 1.165) is 33.2 Å². The van der Waals surface area contributed by atoms with E-state index in [1.807, 2.05) is 37.3 Å². The summed E-state index contributed by atoms with van der Waals surface area (Å²) < 4.78 is 0. The lowest BCUT2D eigenvalue weighted by Gasteiger charge is -2.08. The fourth-order valence-electron chi connectivity index (χ4n) is 2.09. The maximum absolute atomic E-state index is 5.89. The van der Waals surface area contributed by atoms with Crippen LogP contribution in [0.2, 0.25) is 0 Å². The van der Waals surface area contributed by atoms with Gasteiger partial charge in [-0.3, -0.25) is 0 Å². The van der Waals surface area contributed by atoms with E-state index < -0.39 is 0 Å². The van der Waals surface area contributed by atoms with Crippen molar-refractivity contribution in [2.45, 2.75) is 29.6 Å². The molecule has 5 heteroatoms. The van der Waals surface area contributed by atoms with Gasteiger partial charge < -0.3 is 10.7 Å². The number of para-hydroxylation sites is 2. The summed E-state index contributed by atoms with van der Waals surface area (Å²) in [7, 11) is 0. The first-order chi connectivity index (χ1) is 9.72. The lowest BCUT2D eigenvalue weighted by atomic mass is 10.1. The number of pyridine rings is 1. The largest absolute Gasteiger partial charge is 0.333 e. The van der Waals surface area contributed by atoms with Crippen molar-refractivity contribution < 1.29 is 0 Å². The van der Waals surface area contributed by atoms with E-state index in [1.165, 1.54) is 0 Å². The average Bonchev–Trinajstić information content (AvgIpc) is 2.82. The average molecular weight is 284 g/mol. The molecular weight excluding hydrogens is 268 g/mol. The van der Waals surface area contributed by atoms with Crippen LogP contribution in [-0.4, -0.2) is 21.0 Å². The molecule has 0 spiro atoms. The van der Waals surface area contributed by atoms with E-state index in [1.54, 1.807) is 18.0 Å². The zero-order chi connectivity index (χ0) is 13.9. The lowest BCUT2D eigenvalue weighted by Crippen LogP contribution is -2.18. The van der Waals surface area contributed by atoms with E-state index >= 15 is 0 Å². The second-order valence-electron chi connectivity index (χ2n) is 4.81. The topological polar surface area (TPSA) is 67.6 Å². The van der Waals surface area contributed by atoms with Gasteiger partial charge >= 0.3 is 0 Å². The van der Waals surface area contributed by atoms with Gasteiger partial charge in [-0.2, -0.15) is 0 Å². The van der Waals surface area contributed by atoms with Gasteiger partial charge in [-0.05, 0) is 48.9 Å². The quantitative estimate of drug-likeness (QED) is 0.773. The van der Waals surface area contributed by atoms with E-state index in [9.17, 15) is 0 Å². The van der Waals surface area contributed by atoms with Crippen molar-refractivity contribution in [1.29, 1.82) is 0 Å². The fourth-order valence-corrected chi connectivity index (χ4v) is 2.97. The SMILES string of the molecule is CC(N)Cc1cccnc1Sc1nc2ccccc2[nH]1. The number of hydrogen-bond acceptors (Lipinski definition) is 4. The van der Waals surface area contributed by atoms with Crippen LogP contribution in [0.4, 0.5) is 0 Å². The van der Waals surface area contributed by atoms with E-state index in [4.69, 9.17) is 5.73 Å². The number of nitrogens with zero attached hydrogens (tertiary/aromatic N) is 2. The monoisotopic (exact) mass is 284 g/mol. The van der Waals surface area contributed by atoms with Crippen molar-refractivity contribution in [2.24, 2.45) is 5.73 Å². The van der Waals surface area contributed by atoms with Gasteiger partial charge in [-0.25, -0.2) is 9.97 Å². The molecule has 0 amide bonds. The first-order valence-corrected chi connectivity index (χ1v) is 7.36. The van der Waals surface area contributed by atoms with Crippen molar-refractivity contribution in [3.8, 4) is 0 Å². The number of rotatable bonds is 4. The summed E-state index contributed by atoms with van der Waals surface area (Å²) in [6.07, 6.45) is 2.62. The third-order valence-corrected chi connectivity index (χ3v) is 3.90. The van der Waals surface area contributed by atoms with Crippen LogP contribution >= 0.6 is 11.8 Å². The zero-order valence-corrected chi connectivity index (χ0v) is 12.0. The molecule has 3 rings (SSSR count). The Hall–Kier alpha value is -1.85. The maximum Gasteiger partial charge on any atom is 0.172 e. The van der Waals surface area contributed by atoms with Gasteiger partial charge in [0.25, 0.3) is 0 Å². The molecule has 0 saturated carbocycles. The minimum atomic E-state index is 0.120. The van der Waals surface area contributed by atoms with Gasteiger partial charge in [0, 0.05) is 12.2 Å². The van der Waals surface area contributed by atoms with Crippen LogP contribution < -0.4 is 5.73 Å². The van der Waals surface area contributed by atoms with Gasteiger partial charge in [0.1, 0.15) is 5.03 Å². The first kappa shape index (κ1) is 13.1. The molecule has 4 nitrogen and oxygen atoms in total. The van der Waals surface area contributed by atoms with Crippen LogP contribution in [0.5, 0.6) is 0 Å². The molecule has 0 aliphatic rings. The lowest BCUT2D eigenvalue weighted by molar-refractivity contribution is 0.722. The normalized spacial score (nSPS) is 12.7. The molecule has 1 atom stereocenters. The standard InChI is InChI=1S/C15H16N4S/c1-10(16)9-11-5-4-8-17-14(11)20-15-18-12-6-2-3-7-13(12)19-15/h2-8,10H,9,16H2,1H3,(H,18,19). The van der Waals surface area contributed by atoms with Gasteiger partial charge in [0.15, 0.2) is 5.16 Å². The van der Waals surface area contributed by atoms with E-state index in [2.05, 4.69) is 21.0 Å². The van der Waals surface area contributed by atoms with Gasteiger partial charge in [0.05, 0.1) is 11.0 Å². The Labute approximate surface area is 121 Å². The number of fused-ring (bicyclic) bond motifs is 1. The van der Waals surface area contributed by atoms with Crippen molar-refractivity contribution in [3.05, 3.63) is 48.2 Å². The second kappa shape index (κ2) is 5.64. The molecule has 0 aliphatic carbocycles. The summed E-state index contributed by atoms with van der Waals surface area (Å²) in [4.78, 5) is 12.3. The molecule has 102 valence electrons. The molecule has 2 heterocycles. The third-order valence-electron chi connectivity index (χ3n) is 2.95. The van der Waals surface area contributed by atoms with E-state index in [-0.39, 0.29) is 6.04 Å². The predicted octanol–water partition coefficient (Wildman–Crippen LogP) is 3.00. The molecule has 0 saturated heterocycles. The Morgan fingerprint density at radius 2 is 2.10 bits per heavy atom. The third kappa shape index (κ3) is 2.84. The van der Waals surface area contributed by atoms with Crippen LogP contribution in [0.1, 0.15) is 12.5 Å². The number of aromatic nitrogens is 3. The zero-order valence-electron chi connectivity index (χ0n) is 11.2. The van der Waals surface area contributed by atoms with Crippen LogP contribution in [-0.2, 0) is 6.42 Å². The van der Waals surface area contributed by atoms with Gasteiger partial charge in [-0.15, -0.1) is 0 Å². The number of hydrogen-bond donors (Lipinski definition) is 2. The Kier molecular flexibility index (Phi) is 3.71. The molecule has 0 bridgehead atoms. The second-order valence-corrected chi connectivity index (χ2v) is 5.79. The van der Waals surface area contributed by atoms with Gasteiger partial charge in [-0.1, -0.05) is 18.2 Å². The summed E-state index contributed by atoms with van der Waals surface area (Å²) >= 11 is 1.55. The highest BCUT2D eigenvalue weighted by Crippen LogP contribution is 2.28. The molecule has 3 aromatic rings. The minimum Gasteiger partial charge on any atom is -0.333 e. The van der Waals surface area contributed by atoms with Crippen molar-refractivity contribution in [2.75, 3.05) is 0 Å². The highest BCUT2D eigenvalue weighted by molar-refractivity contribution is 7.99. The Bertz CT molecular complexity index is 687.